The largest absolute Gasteiger partial charge is 0.354 e. The number of amides is 1. The SMILES string of the molecule is CC(C)NC(=O)CCNC1CCCC(C(C)C)C1. The molecule has 0 aromatic carbocycles. The van der Waals surface area contributed by atoms with Crippen molar-refractivity contribution in [3.05, 3.63) is 0 Å². The van der Waals surface area contributed by atoms with Gasteiger partial charge in [0, 0.05) is 25.0 Å². The normalized spacial score (nSPS) is 24.6. The van der Waals surface area contributed by atoms with E-state index in [2.05, 4.69) is 24.5 Å². The van der Waals surface area contributed by atoms with Gasteiger partial charge in [0.2, 0.25) is 5.91 Å². The first kappa shape index (κ1) is 15.5. The summed E-state index contributed by atoms with van der Waals surface area (Å²) in [7, 11) is 0. The van der Waals surface area contributed by atoms with E-state index in [1.54, 1.807) is 0 Å². The van der Waals surface area contributed by atoms with Gasteiger partial charge in [-0.15, -0.1) is 0 Å². The molecule has 2 atom stereocenters. The number of carbonyl (C=O) groups is 1. The van der Waals surface area contributed by atoms with Gasteiger partial charge in [0.25, 0.3) is 0 Å². The van der Waals surface area contributed by atoms with Crippen LogP contribution in [-0.4, -0.2) is 24.5 Å². The van der Waals surface area contributed by atoms with E-state index in [0.29, 0.717) is 12.5 Å². The second-order valence-electron chi connectivity index (χ2n) is 6.29. The summed E-state index contributed by atoms with van der Waals surface area (Å²) >= 11 is 0. The molecule has 0 heterocycles. The van der Waals surface area contributed by atoms with Crippen LogP contribution in [0.25, 0.3) is 0 Å². The summed E-state index contributed by atoms with van der Waals surface area (Å²) in [6.45, 7) is 9.46. The molecule has 1 aliphatic carbocycles. The van der Waals surface area contributed by atoms with Gasteiger partial charge in [-0.1, -0.05) is 26.7 Å². The van der Waals surface area contributed by atoms with Gasteiger partial charge in [-0.25, -0.2) is 0 Å². The second-order valence-corrected chi connectivity index (χ2v) is 6.29. The van der Waals surface area contributed by atoms with Crippen LogP contribution in [0.5, 0.6) is 0 Å². The fourth-order valence-electron chi connectivity index (χ4n) is 2.80. The van der Waals surface area contributed by atoms with Crippen molar-refractivity contribution in [1.29, 1.82) is 0 Å². The van der Waals surface area contributed by atoms with E-state index >= 15 is 0 Å². The van der Waals surface area contributed by atoms with E-state index < -0.39 is 0 Å². The first-order valence-corrected chi connectivity index (χ1v) is 7.51. The van der Waals surface area contributed by atoms with Crippen LogP contribution in [0.4, 0.5) is 0 Å². The summed E-state index contributed by atoms with van der Waals surface area (Å²) in [6.07, 6.45) is 5.86. The molecule has 0 bridgehead atoms. The van der Waals surface area contributed by atoms with Crippen molar-refractivity contribution in [3.8, 4) is 0 Å². The van der Waals surface area contributed by atoms with Crippen LogP contribution in [-0.2, 0) is 4.79 Å². The van der Waals surface area contributed by atoms with Gasteiger partial charge in [-0.2, -0.15) is 0 Å². The molecule has 2 unspecified atom stereocenters. The lowest BCUT2D eigenvalue weighted by Gasteiger charge is -2.32. The van der Waals surface area contributed by atoms with E-state index in [1.165, 1.54) is 25.7 Å². The predicted molar refractivity (Wildman–Crippen MR) is 76.5 cm³/mol. The van der Waals surface area contributed by atoms with Gasteiger partial charge >= 0.3 is 0 Å². The average Bonchev–Trinajstić information content (AvgIpc) is 2.28. The Morgan fingerprint density at radius 2 is 1.94 bits per heavy atom. The molecule has 18 heavy (non-hydrogen) atoms. The lowest BCUT2D eigenvalue weighted by atomic mass is 9.79. The molecular formula is C15H30N2O. The average molecular weight is 254 g/mol. The Morgan fingerprint density at radius 1 is 1.22 bits per heavy atom. The molecule has 106 valence electrons. The smallest absolute Gasteiger partial charge is 0.221 e. The van der Waals surface area contributed by atoms with Crippen LogP contribution in [0.3, 0.4) is 0 Å². The third-order valence-corrected chi connectivity index (χ3v) is 3.89. The maximum atomic E-state index is 11.5. The van der Waals surface area contributed by atoms with E-state index in [9.17, 15) is 4.79 Å². The molecule has 1 rings (SSSR count). The number of rotatable bonds is 6. The van der Waals surface area contributed by atoms with Crippen LogP contribution in [0.15, 0.2) is 0 Å². The Kier molecular flexibility index (Phi) is 6.69. The predicted octanol–water partition coefficient (Wildman–Crippen LogP) is 2.71. The van der Waals surface area contributed by atoms with Crippen LogP contribution < -0.4 is 10.6 Å². The lowest BCUT2D eigenvalue weighted by Crippen LogP contribution is -2.38. The van der Waals surface area contributed by atoms with Crippen LogP contribution in [0, 0.1) is 11.8 Å². The van der Waals surface area contributed by atoms with Crippen LogP contribution in [0.1, 0.15) is 59.8 Å². The highest BCUT2D eigenvalue weighted by Crippen LogP contribution is 2.29. The number of nitrogens with one attached hydrogen (secondary N) is 2. The van der Waals surface area contributed by atoms with Crippen molar-refractivity contribution in [3.63, 3.8) is 0 Å². The Morgan fingerprint density at radius 3 is 2.56 bits per heavy atom. The maximum absolute atomic E-state index is 11.5. The zero-order valence-corrected chi connectivity index (χ0v) is 12.5. The van der Waals surface area contributed by atoms with Crippen molar-refractivity contribution in [2.24, 2.45) is 11.8 Å². The van der Waals surface area contributed by atoms with Gasteiger partial charge < -0.3 is 10.6 Å². The lowest BCUT2D eigenvalue weighted by molar-refractivity contribution is -0.121. The van der Waals surface area contributed by atoms with E-state index in [-0.39, 0.29) is 11.9 Å². The van der Waals surface area contributed by atoms with Crippen molar-refractivity contribution < 1.29 is 4.79 Å². The molecule has 1 aliphatic rings. The fourth-order valence-corrected chi connectivity index (χ4v) is 2.80. The molecule has 2 N–H and O–H groups in total. The van der Waals surface area contributed by atoms with Crippen molar-refractivity contribution in [2.75, 3.05) is 6.54 Å². The van der Waals surface area contributed by atoms with Gasteiger partial charge in [0.1, 0.15) is 0 Å². The van der Waals surface area contributed by atoms with Gasteiger partial charge in [-0.3, -0.25) is 4.79 Å². The molecule has 0 aromatic rings. The summed E-state index contributed by atoms with van der Waals surface area (Å²) in [6, 6.07) is 0.871. The number of carbonyl (C=O) groups excluding carboxylic acids is 1. The highest BCUT2D eigenvalue weighted by molar-refractivity contribution is 5.76. The summed E-state index contributed by atoms with van der Waals surface area (Å²) in [5, 5.41) is 6.48. The molecule has 1 fully saturated rings. The minimum absolute atomic E-state index is 0.161. The van der Waals surface area contributed by atoms with Crippen LogP contribution in [0.2, 0.25) is 0 Å². The highest BCUT2D eigenvalue weighted by atomic mass is 16.1. The molecule has 0 aliphatic heterocycles. The van der Waals surface area contributed by atoms with E-state index in [4.69, 9.17) is 0 Å². The van der Waals surface area contributed by atoms with Crippen molar-refractivity contribution in [1.82, 2.24) is 10.6 Å². The first-order chi connectivity index (χ1) is 8.49. The molecule has 0 saturated heterocycles. The molecule has 0 radical (unpaired) electrons. The van der Waals surface area contributed by atoms with Crippen molar-refractivity contribution in [2.45, 2.75) is 71.9 Å². The maximum Gasteiger partial charge on any atom is 0.221 e. The standard InChI is InChI=1S/C15H30N2O/c1-11(2)13-6-5-7-14(10-13)16-9-8-15(18)17-12(3)4/h11-14,16H,5-10H2,1-4H3,(H,17,18). The molecular weight excluding hydrogens is 224 g/mol. The summed E-state index contributed by atoms with van der Waals surface area (Å²) < 4.78 is 0. The Bertz CT molecular complexity index is 251. The highest BCUT2D eigenvalue weighted by Gasteiger charge is 2.23. The molecule has 3 heteroatoms. The van der Waals surface area contributed by atoms with Gasteiger partial charge in [0.05, 0.1) is 0 Å². The minimum atomic E-state index is 0.161. The molecule has 1 saturated carbocycles. The number of hydrogen-bond acceptors (Lipinski definition) is 2. The Hall–Kier alpha value is -0.570. The molecule has 3 nitrogen and oxygen atoms in total. The number of hydrogen-bond donors (Lipinski definition) is 2. The summed E-state index contributed by atoms with van der Waals surface area (Å²) in [4.78, 5) is 11.5. The second kappa shape index (κ2) is 7.78. The van der Waals surface area contributed by atoms with E-state index in [1.807, 2.05) is 13.8 Å². The zero-order chi connectivity index (χ0) is 13.5. The quantitative estimate of drug-likeness (QED) is 0.765. The van der Waals surface area contributed by atoms with Gasteiger partial charge in [-0.05, 0) is 38.5 Å². The van der Waals surface area contributed by atoms with Gasteiger partial charge in [0.15, 0.2) is 0 Å². The molecule has 0 spiro atoms. The molecule has 0 aromatic heterocycles. The topological polar surface area (TPSA) is 41.1 Å². The first-order valence-electron chi connectivity index (χ1n) is 7.51. The third kappa shape index (κ3) is 5.85. The van der Waals surface area contributed by atoms with Crippen LogP contribution >= 0.6 is 0 Å². The monoisotopic (exact) mass is 254 g/mol. The minimum Gasteiger partial charge on any atom is -0.354 e. The van der Waals surface area contributed by atoms with Crippen molar-refractivity contribution >= 4 is 5.91 Å². The Labute approximate surface area is 112 Å². The zero-order valence-electron chi connectivity index (χ0n) is 12.5. The van der Waals surface area contributed by atoms with E-state index in [0.717, 1.165) is 18.4 Å². The fraction of sp³-hybridized carbons (Fsp3) is 0.933. The Balaban J connectivity index is 2.17. The third-order valence-electron chi connectivity index (χ3n) is 3.89. The molecule has 1 amide bonds. The summed E-state index contributed by atoms with van der Waals surface area (Å²) in [5.41, 5.74) is 0. The summed E-state index contributed by atoms with van der Waals surface area (Å²) in [5.74, 6) is 1.81.